The lowest BCUT2D eigenvalue weighted by molar-refractivity contribution is -0.180. The molecule has 0 radical (unpaired) electrons. The molecule has 3 rings (SSSR count). The number of hydrogen-bond donors (Lipinski definition) is 0. The van der Waals surface area contributed by atoms with E-state index in [0.717, 1.165) is 12.0 Å². The predicted molar refractivity (Wildman–Crippen MR) is 150 cm³/mol. The van der Waals surface area contributed by atoms with Crippen molar-refractivity contribution in [3.63, 3.8) is 0 Å². The molecule has 8 heteroatoms. The molecule has 3 fully saturated rings. The molecule has 40 heavy (non-hydrogen) atoms. The molecule has 1 saturated heterocycles. The average Bonchev–Trinajstić information content (AvgIpc) is 3.60. The van der Waals surface area contributed by atoms with Gasteiger partial charge in [-0.25, -0.2) is 4.79 Å². The van der Waals surface area contributed by atoms with Crippen LogP contribution in [0.5, 0.6) is 0 Å². The van der Waals surface area contributed by atoms with Crippen molar-refractivity contribution in [3.05, 3.63) is 35.5 Å². The van der Waals surface area contributed by atoms with Crippen LogP contribution in [-0.4, -0.2) is 54.2 Å². The molecule has 0 aromatic rings. The van der Waals surface area contributed by atoms with E-state index in [1.165, 1.54) is 6.08 Å². The highest BCUT2D eigenvalue weighted by atomic mass is 16.6. The van der Waals surface area contributed by atoms with Crippen LogP contribution >= 0.6 is 0 Å². The van der Waals surface area contributed by atoms with Gasteiger partial charge in [0.1, 0.15) is 6.10 Å². The first-order valence-corrected chi connectivity index (χ1v) is 14.6. The highest BCUT2D eigenvalue weighted by molar-refractivity contribution is 6.04. The van der Waals surface area contributed by atoms with Crippen LogP contribution in [0, 0.1) is 29.6 Å². The molecule has 1 aliphatic heterocycles. The molecule has 1 heterocycles. The van der Waals surface area contributed by atoms with Crippen molar-refractivity contribution in [2.24, 2.45) is 29.6 Å². The van der Waals surface area contributed by atoms with E-state index >= 15 is 0 Å². The number of fused-ring (bicyclic) bond motifs is 1. The molecule has 2 aliphatic carbocycles. The maximum Gasteiger partial charge on any atom is 0.331 e. The fraction of sp³-hybridized carbons (Fsp3) is 0.688. The molecule has 0 N–H and O–H groups in total. The van der Waals surface area contributed by atoms with E-state index in [1.807, 2.05) is 41.5 Å². The molecule has 0 amide bonds. The Hall–Kier alpha value is -2.74. The Balaban J connectivity index is 2.12. The van der Waals surface area contributed by atoms with Crippen molar-refractivity contribution < 1.29 is 38.1 Å². The van der Waals surface area contributed by atoms with Crippen LogP contribution in [0.15, 0.2) is 35.5 Å². The van der Waals surface area contributed by atoms with Gasteiger partial charge < -0.3 is 18.9 Å². The monoisotopic (exact) mass is 558 g/mol. The molecule has 0 aromatic heterocycles. The molecule has 0 bridgehead atoms. The number of epoxide rings is 1. The van der Waals surface area contributed by atoms with Gasteiger partial charge >= 0.3 is 17.9 Å². The van der Waals surface area contributed by atoms with Gasteiger partial charge in [-0.3, -0.25) is 14.4 Å². The highest BCUT2D eigenvalue weighted by Crippen LogP contribution is 2.58. The first-order valence-electron chi connectivity index (χ1n) is 14.6. The SMILES string of the molecule is C=C1[C@H]2[C@@H](/C(=C/C)C(=O)[C@H]2OC(=O)C(C)CC)[C@H]([C@@]2(C)CO2)[C@@H](OC(=O)CC(C)CC)[C@H]1OC(=O)/C=C(\C)CC. The second kappa shape index (κ2) is 12.8. The van der Waals surface area contributed by atoms with Crippen molar-refractivity contribution >= 4 is 23.7 Å². The minimum Gasteiger partial charge on any atom is -0.458 e. The van der Waals surface area contributed by atoms with E-state index in [9.17, 15) is 19.2 Å². The smallest absolute Gasteiger partial charge is 0.331 e. The number of carbonyl (C=O) groups excluding carboxylic acids is 4. The molecule has 0 aromatic carbocycles. The van der Waals surface area contributed by atoms with Gasteiger partial charge in [-0.1, -0.05) is 59.3 Å². The van der Waals surface area contributed by atoms with Gasteiger partial charge in [0.25, 0.3) is 0 Å². The Labute approximate surface area is 238 Å². The van der Waals surface area contributed by atoms with Crippen LogP contribution < -0.4 is 0 Å². The van der Waals surface area contributed by atoms with E-state index < -0.39 is 59.6 Å². The van der Waals surface area contributed by atoms with Crippen LogP contribution in [0.1, 0.15) is 81.1 Å². The lowest BCUT2D eigenvalue weighted by Gasteiger charge is -2.47. The molecule has 9 atom stereocenters. The zero-order valence-corrected chi connectivity index (χ0v) is 25.3. The second-order valence-corrected chi connectivity index (χ2v) is 11.9. The van der Waals surface area contributed by atoms with Crippen LogP contribution in [0.4, 0.5) is 0 Å². The standard InChI is InChI=1S/C32H46O8/c1-10-17(5)14-22(33)38-28-20(8)24-25(21(13-4)27(35)29(24)40-31(36)19(7)12-3)26(32(9)16-37-32)30(28)39-23(34)15-18(6)11-2/h13-14,18-19,24-26,28-30H,8,10-12,15-16H2,1-7,9H3/b17-14+,21-13-/t18?,19?,24-,25+,26-,28-,29-,30+,32+/m0/s1. The summed E-state index contributed by atoms with van der Waals surface area (Å²) in [6.45, 7) is 19.7. The quantitative estimate of drug-likeness (QED) is 0.111. The van der Waals surface area contributed by atoms with Crippen molar-refractivity contribution in [3.8, 4) is 0 Å². The first kappa shape index (κ1) is 31.8. The van der Waals surface area contributed by atoms with E-state index in [4.69, 9.17) is 18.9 Å². The third-order valence-corrected chi connectivity index (χ3v) is 8.97. The fourth-order valence-corrected chi connectivity index (χ4v) is 5.78. The maximum absolute atomic E-state index is 13.8. The van der Waals surface area contributed by atoms with Gasteiger partial charge in [0.05, 0.1) is 18.1 Å². The van der Waals surface area contributed by atoms with Gasteiger partial charge in [-0.05, 0) is 50.7 Å². The number of ketones is 1. The van der Waals surface area contributed by atoms with E-state index in [1.54, 1.807) is 19.9 Å². The molecule has 222 valence electrons. The molecule has 3 aliphatic rings. The van der Waals surface area contributed by atoms with Crippen LogP contribution in [0.25, 0.3) is 0 Å². The molecule has 0 spiro atoms. The van der Waals surface area contributed by atoms with E-state index in [-0.39, 0.29) is 24.0 Å². The Morgan fingerprint density at radius 3 is 2.25 bits per heavy atom. The summed E-state index contributed by atoms with van der Waals surface area (Å²) in [6, 6.07) is 0. The predicted octanol–water partition coefficient (Wildman–Crippen LogP) is 5.30. The maximum atomic E-state index is 13.8. The lowest BCUT2D eigenvalue weighted by Crippen LogP contribution is -2.56. The van der Waals surface area contributed by atoms with Crippen LogP contribution in [0.3, 0.4) is 0 Å². The van der Waals surface area contributed by atoms with Crippen molar-refractivity contribution in [1.29, 1.82) is 0 Å². The van der Waals surface area contributed by atoms with Crippen molar-refractivity contribution in [2.75, 3.05) is 6.61 Å². The zero-order valence-electron chi connectivity index (χ0n) is 25.3. The second-order valence-electron chi connectivity index (χ2n) is 11.9. The highest BCUT2D eigenvalue weighted by Gasteiger charge is 2.67. The molecule has 2 saturated carbocycles. The summed E-state index contributed by atoms with van der Waals surface area (Å²) in [5, 5.41) is 0. The molecule has 2 unspecified atom stereocenters. The minimum atomic E-state index is -1.11. The normalized spacial score (nSPS) is 34.2. The topological polar surface area (TPSA) is 109 Å². The number of hydrogen-bond acceptors (Lipinski definition) is 8. The zero-order chi connectivity index (χ0) is 29.9. The van der Waals surface area contributed by atoms with Crippen molar-refractivity contribution in [2.45, 2.75) is 105 Å². The van der Waals surface area contributed by atoms with Gasteiger partial charge in [-0.15, -0.1) is 0 Å². The summed E-state index contributed by atoms with van der Waals surface area (Å²) in [7, 11) is 0. The Bertz CT molecular complexity index is 1080. The summed E-state index contributed by atoms with van der Waals surface area (Å²) in [5.41, 5.74) is 0.991. The fourth-order valence-electron chi connectivity index (χ4n) is 5.78. The van der Waals surface area contributed by atoms with E-state index in [2.05, 4.69) is 6.58 Å². The number of esters is 3. The third-order valence-electron chi connectivity index (χ3n) is 8.97. The van der Waals surface area contributed by atoms with Crippen molar-refractivity contribution in [1.82, 2.24) is 0 Å². The summed E-state index contributed by atoms with van der Waals surface area (Å²) >= 11 is 0. The third kappa shape index (κ3) is 6.42. The van der Waals surface area contributed by atoms with Crippen LogP contribution in [-0.2, 0) is 38.1 Å². The summed E-state index contributed by atoms with van der Waals surface area (Å²) in [6.07, 6.45) is 2.32. The average molecular weight is 559 g/mol. The van der Waals surface area contributed by atoms with Gasteiger partial charge in [0.15, 0.2) is 18.0 Å². The first-order chi connectivity index (χ1) is 18.8. The number of Topliss-reactive ketones (excluding diaryl/α,β-unsaturated/α-hetero) is 1. The minimum absolute atomic E-state index is 0.109. The molecular weight excluding hydrogens is 512 g/mol. The summed E-state index contributed by atoms with van der Waals surface area (Å²) in [4.78, 5) is 52.9. The number of ether oxygens (including phenoxy) is 4. The van der Waals surface area contributed by atoms with E-state index in [0.29, 0.717) is 30.6 Å². The van der Waals surface area contributed by atoms with Gasteiger partial charge in [0, 0.05) is 30.3 Å². The Morgan fingerprint density at radius 1 is 1.07 bits per heavy atom. The van der Waals surface area contributed by atoms with Gasteiger partial charge in [-0.2, -0.15) is 0 Å². The Morgan fingerprint density at radius 2 is 1.73 bits per heavy atom. The molecular formula is C32H46O8. The van der Waals surface area contributed by atoms with Gasteiger partial charge in [0.2, 0.25) is 0 Å². The van der Waals surface area contributed by atoms with Crippen LogP contribution in [0.2, 0.25) is 0 Å². The Kier molecular flexibility index (Phi) is 10.2. The number of carbonyl (C=O) groups is 4. The summed E-state index contributed by atoms with van der Waals surface area (Å²) in [5.74, 6) is -3.72. The number of rotatable bonds is 11. The lowest BCUT2D eigenvalue weighted by atomic mass is 9.63. The number of allylic oxidation sites excluding steroid dienone is 2. The largest absolute Gasteiger partial charge is 0.458 e. The summed E-state index contributed by atoms with van der Waals surface area (Å²) < 4.78 is 23.9. The molecule has 8 nitrogen and oxygen atoms in total.